The first-order valence-electron chi connectivity index (χ1n) is 11.2. The second-order valence-electron chi connectivity index (χ2n) is 8.40. The molecule has 0 spiro atoms. The molecule has 0 unspecified atom stereocenters. The minimum Gasteiger partial charge on any atom is -0.351 e. The van der Waals surface area contributed by atoms with Crippen LogP contribution in [-0.4, -0.2) is 60.8 Å². The van der Waals surface area contributed by atoms with E-state index in [-0.39, 0.29) is 18.0 Å². The van der Waals surface area contributed by atoms with E-state index in [1.54, 1.807) is 60.8 Å². The number of likely N-dealkylation sites (N-methyl/N-ethyl adjacent to an activating group) is 1. The molecule has 0 radical (unpaired) electrons. The molecule has 2 heterocycles. The van der Waals surface area contributed by atoms with Gasteiger partial charge in [0.1, 0.15) is 5.82 Å². The monoisotopic (exact) mass is 474 g/mol. The quantitative estimate of drug-likeness (QED) is 0.546. The van der Waals surface area contributed by atoms with Crippen molar-refractivity contribution in [1.29, 1.82) is 0 Å². The van der Waals surface area contributed by atoms with Crippen LogP contribution < -0.4 is 16.0 Å². The van der Waals surface area contributed by atoms with Gasteiger partial charge in [0, 0.05) is 30.4 Å². The number of aliphatic imine (C=N–C) groups is 1. The summed E-state index contributed by atoms with van der Waals surface area (Å²) >= 11 is 0. The lowest BCUT2D eigenvalue weighted by Gasteiger charge is -2.25. The minimum absolute atomic E-state index is 0.000885. The number of amides is 2. The van der Waals surface area contributed by atoms with Crippen LogP contribution in [0, 0.1) is 5.82 Å². The van der Waals surface area contributed by atoms with Crippen LogP contribution >= 0.6 is 0 Å². The van der Waals surface area contributed by atoms with E-state index in [1.165, 1.54) is 11.0 Å². The third-order valence-corrected chi connectivity index (χ3v) is 5.65. The Hall–Kier alpha value is -3.95. The van der Waals surface area contributed by atoms with Gasteiger partial charge in [-0.3, -0.25) is 19.6 Å². The highest BCUT2D eigenvalue weighted by atomic mass is 19.1. The summed E-state index contributed by atoms with van der Waals surface area (Å²) in [5, 5.41) is 2.88. The average molecular weight is 475 g/mol. The molecule has 0 aliphatic carbocycles. The van der Waals surface area contributed by atoms with E-state index in [0.29, 0.717) is 41.3 Å². The van der Waals surface area contributed by atoms with Gasteiger partial charge < -0.3 is 20.9 Å². The third kappa shape index (κ3) is 5.26. The van der Waals surface area contributed by atoms with E-state index in [4.69, 9.17) is 5.73 Å². The molecule has 1 aliphatic rings. The maximum Gasteiger partial charge on any atom is 0.266 e. The van der Waals surface area contributed by atoms with Gasteiger partial charge in [-0.2, -0.15) is 0 Å². The lowest BCUT2D eigenvalue weighted by atomic mass is 9.99. The fourth-order valence-corrected chi connectivity index (χ4v) is 3.89. The van der Waals surface area contributed by atoms with E-state index in [2.05, 4.69) is 15.3 Å². The molecule has 3 aromatic rings. The van der Waals surface area contributed by atoms with Gasteiger partial charge in [0.05, 0.1) is 29.2 Å². The Labute approximate surface area is 203 Å². The number of aromatic nitrogens is 1. The smallest absolute Gasteiger partial charge is 0.266 e. The van der Waals surface area contributed by atoms with Gasteiger partial charge in [-0.1, -0.05) is 30.3 Å². The first kappa shape index (κ1) is 24.2. The first-order chi connectivity index (χ1) is 16.9. The Kier molecular flexibility index (Phi) is 7.28. The van der Waals surface area contributed by atoms with Gasteiger partial charge in [-0.15, -0.1) is 0 Å². The van der Waals surface area contributed by atoms with E-state index < -0.39 is 17.9 Å². The highest BCUT2D eigenvalue weighted by Crippen LogP contribution is 2.30. The molecule has 8 nitrogen and oxygen atoms in total. The molecule has 0 bridgehead atoms. The SMILES string of the molecule is CN(C)CCNC(=O)c1cccnc1CN1C(=O)[C@@H](N)N=C(c2ccccc2F)c2ccccc21. The molecule has 1 atom stereocenters. The lowest BCUT2D eigenvalue weighted by molar-refractivity contribution is -0.119. The number of pyridine rings is 1. The van der Waals surface area contributed by atoms with Crippen molar-refractivity contribution < 1.29 is 14.0 Å². The molecular formula is C26H27FN6O2. The maximum atomic E-state index is 14.7. The number of hydrogen-bond acceptors (Lipinski definition) is 6. The zero-order valence-electron chi connectivity index (χ0n) is 19.6. The van der Waals surface area contributed by atoms with E-state index >= 15 is 0 Å². The number of benzene rings is 2. The van der Waals surface area contributed by atoms with Crippen molar-refractivity contribution in [3.63, 3.8) is 0 Å². The molecular weight excluding hydrogens is 447 g/mol. The Morgan fingerprint density at radius 1 is 1.09 bits per heavy atom. The highest BCUT2D eigenvalue weighted by Gasteiger charge is 2.31. The second kappa shape index (κ2) is 10.5. The van der Waals surface area contributed by atoms with Crippen molar-refractivity contribution in [3.8, 4) is 0 Å². The van der Waals surface area contributed by atoms with Crippen molar-refractivity contribution in [2.75, 3.05) is 32.1 Å². The van der Waals surface area contributed by atoms with Crippen LogP contribution in [0.1, 0.15) is 27.2 Å². The number of rotatable bonds is 7. The summed E-state index contributed by atoms with van der Waals surface area (Å²) in [7, 11) is 3.84. The molecule has 0 saturated carbocycles. The number of nitrogens with one attached hydrogen (secondary N) is 1. The second-order valence-corrected chi connectivity index (χ2v) is 8.40. The fourth-order valence-electron chi connectivity index (χ4n) is 3.89. The van der Waals surface area contributed by atoms with Crippen LogP contribution in [0.25, 0.3) is 0 Å². The summed E-state index contributed by atoms with van der Waals surface area (Å²) in [5.41, 5.74) is 8.57. The van der Waals surface area contributed by atoms with Gasteiger partial charge in [0.25, 0.3) is 11.8 Å². The van der Waals surface area contributed by atoms with Crippen molar-refractivity contribution in [2.24, 2.45) is 10.7 Å². The van der Waals surface area contributed by atoms with Gasteiger partial charge >= 0.3 is 0 Å². The molecule has 0 fully saturated rings. The predicted molar refractivity (Wildman–Crippen MR) is 133 cm³/mol. The minimum atomic E-state index is -1.25. The summed E-state index contributed by atoms with van der Waals surface area (Å²) in [6.45, 7) is 1.15. The topological polar surface area (TPSA) is 104 Å². The Bertz CT molecular complexity index is 1280. The molecule has 1 aliphatic heterocycles. The zero-order valence-corrected chi connectivity index (χ0v) is 19.6. The molecule has 9 heteroatoms. The van der Waals surface area contributed by atoms with E-state index in [1.807, 2.05) is 19.0 Å². The summed E-state index contributed by atoms with van der Waals surface area (Å²) in [5.74, 6) is -1.22. The van der Waals surface area contributed by atoms with Gasteiger partial charge in [0.15, 0.2) is 6.17 Å². The maximum absolute atomic E-state index is 14.7. The molecule has 2 aromatic carbocycles. The van der Waals surface area contributed by atoms with Crippen LogP contribution in [0.5, 0.6) is 0 Å². The zero-order chi connectivity index (χ0) is 24.9. The first-order valence-corrected chi connectivity index (χ1v) is 11.2. The van der Waals surface area contributed by atoms with Crippen LogP contribution in [0.3, 0.4) is 0 Å². The van der Waals surface area contributed by atoms with Gasteiger partial charge in [-0.25, -0.2) is 4.39 Å². The van der Waals surface area contributed by atoms with Gasteiger partial charge in [0.2, 0.25) is 0 Å². The van der Waals surface area contributed by atoms with Crippen LogP contribution in [0.2, 0.25) is 0 Å². The van der Waals surface area contributed by atoms with Crippen LogP contribution in [0.15, 0.2) is 71.9 Å². The lowest BCUT2D eigenvalue weighted by Crippen LogP contribution is -2.42. The van der Waals surface area contributed by atoms with Gasteiger partial charge in [-0.05, 0) is 44.4 Å². The third-order valence-electron chi connectivity index (χ3n) is 5.65. The number of halogens is 1. The number of hydrogen-bond donors (Lipinski definition) is 2. The van der Waals surface area contributed by atoms with Crippen LogP contribution in [-0.2, 0) is 11.3 Å². The van der Waals surface area contributed by atoms with E-state index in [0.717, 1.165) is 0 Å². The molecule has 1 aromatic heterocycles. The summed E-state index contributed by atoms with van der Waals surface area (Å²) in [6.07, 6.45) is 0.319. The van der Waals surface area contributed by atoms with Crippen molar-refractivity contribution in [2.45, 2.75) is 12.7 Å². The normalized spacial score (nSPS) is 15.5. The number of nitrogens with two attached hydrogens (primary N) is 1. The molecule has 35 heavy (non-hydrogen) atoms. The molecule has 4 rings (SSSR count). The number of fused-ring (bicyclic) bond motifs is 1. The average Bonchev–Trinajstić information content (AvgIpc) is 2.95. The molecule has 0 saturated heterocycles. The largest absolute Gasteiger partial charge is 0.351 e. The number of carbonyl (C=O) groups is 2. The van der Waals surface area contributed by atoms with Crippen molar-refractivity contribution in [1.82, 2.24) is 15.2 Å². The number of para-hydroxylation sites is 1. The number of benzodiazepines with no additional fused rings is 1. The van der Waals surface area contributed by atoms with Crippen LogP contribution in [0.4, 0.5) is 10.1 Å². The van der Waals surface area contributed by atoms with Crippen molar-refractivity contribution >= 4 is 23.2 Å². The molecule has 3 N–H and O–H groups in total. The standard InChI is InChI=1S/C26H27FN6O2/c1-32(2)15-14-30-25(34)18-10-7-13-29-21(18)16-33-22-12-6-4-9-19(22)23(31-24(28)26(33)35)17-8-3-5-11-20(17)27/h3-13,24H,14-16,28H2,1-2H3,(H,30,34)/t24-/m0/s1. The molecule has 180 valence electrons. The fraction of sp³-hybridized carbons (Fsp3) is 0.231. The number of nitrogens with zero attached hydrogens (tertiary/aromatic N) is 4. The Balaban J connectivity index is 1.71. The van der Waals surface area contributed by atoms with Crippen molar-refractivity contribution in [3.05, 3.63) is 95.1 Å². The summed E-state index contributed by atoms with van der Waals surface area (Å²) < 4.78 is 14.7. The Morgan fingerprint density at radius 2 is 1.80 bits per heavy atom. The highest BCUT2D eigenvalue weighted by molar-refractivity contribution is 6.20. The summed E-state index contributed by atoms with van der Waals surface area (Å²) in [4.78, 5) is 38.4. The molecule has 2 amide bonds. The predicted octanol–water partition coefficient (Wildman–Crippen LogP) is 2.18. The van der Waals surface area contributed by atoms with E-state index in [9.17, 15) is 14.0 Å². The Morgan fingerprint density at radius 3 is 2.54 bits per heavy atom. The summed E-state index contributed by atoms with van der Waals surface area (Å²) in [6, 6.07) is 16.7. The number of carbonyl (C=O) groups excluding carboxylic acids is 2. The number of anilines is 1.